The van der Waals surface area contributed by atoms with Gasteiger partial charge in [0.1, 0.15) is 18.1 Å². The van der Waals surface area contributed by atoms with Crippen LogP contribution < -0.4 is 26.2 Å². The summed E-state index contributed by atoms with van der Waals surface area (Å²) >= 11 is 0. The fourth-order valence-electron chi connectivity index (χ4n) is 8.21. The maximum atomic E-state index is 14.7. The molecule has 18 nitrogen and oxygen atoms in total. The highest BCUT2D eigenvalue weighted by Gasteiger charge is 2.45. The third-order valence-electron chi connectivity index (χ3n) is 11.7. The maximum absolute atomic E-state index is 14.7. The van der Waals surface area contributed by atoms with Crippen molar-refractivity contribution in [3.05, 3.63) is 174 Å². The predicted molar refractivity (Wildman–Crippen MR) is 259 cm³/mol. The number of ether oxygens (including phenoxy) is 3. The standard InChI is InChI=1S/C53H51N7O11/c61-45-22-21-43(48(62)57-45)60-51(65)41-20-17-39(33-42(41)52(60)66)55-24-27-68-29-31-70-32-30-69-28-25-56-49(63)46(37-11-5-2-6-12-37)58-50(64)47(38-13-7-23-54-34-38)59(53(67)44-14-8-26-71-44)40-18-15-36(16-19-40)35-9-3-1-4-10-35/h1-20,23,26,33-34,43,46-47,55H,21-22,24-25,27-32H2,(H,56,63)(H,58,64)(H,57,61,62). The zero-order valence-electron chi connectivity index (χ0n) is 38.5. The molecule has 0 bridgehead atoms. The summed E-state index contributed by atoms with van der Waals surface area (Å²) < 4.78 is 22.5. The Morgan fingerprint density at radius 2 is 1.37 bits per heavy atom. The molecule has 2 aromatic heterocycles. The van der Waals surface area contributed by atoms with Gasteiger partial charge in [0, 0.05) is 48.8 Å². The molecule has 0 saturated carbocycles. The highest BCUT2D eigenvalue weighted by atomic mass is 16.5. The lowest BCUT2D eigenvalue weighted by atomic mass is 10.0. The number of carbonyl (C=O) groups is 7. The van der Waals surface area contributed by atoms with Crippen LogP contribution in [-0.2, 0) is 33.4 Å². The highest BCUT2D eigenvalue weighted by Crippen LogP contribution is 2.33. The summed E-state index contributed by atoms with van der Waals surface area (Å²) in [6, 6.07) is 33.6. The smallest absolute Gasteiger partial charge is 0.294 e. The Kier molecular flexibility index (Phi) is 16.5. The van der Waals surface area contributed by atoms with E-state index in [1.54, 1.807) is 79.0 Å². The van der Waals surface area contributed by atoms with Crippen LogP contribution in [0.15, 0.2) is 150 Å². The SMILES string of the molecule is O=C1CCC(N2C(=O)c3ccc(NCCOCCOCCOCCNC(=O)C(NC(=O)C(c4cccnc4)N(C(=O)c4ccco4)c4ccc(-c5ccccc5)cc4)c4ccccc4)cc3C2=O)C(=O)N1. The summed E-state index contributed by atoms with van der Waals surface area (Å²) in [5.74, 6) is -3.94. The van der Waals surface area contributed by atoms with Gasteiger partial charge in [-0.3, -0.25) is 53.7 Å². The first kappa shape index (κ1) is 49.1. The molecule has 71 heavy (non-hydrogen) atoms. The molecule has 6 aromatic rings. The van der Waals surface area contributed by atoms with Crippen LogP contribution in [0.4, 0.5) is 11.4 Å². The normalized spacial score (nSPS) is 15.1. The van der Waals surface area contributed by atoms with Crippen molar-refractivity contribution < 1.29 is 52.2 Å². The Morgan fingerprint density at radius 1 is 0.704 bits per heavy atom. The molecular formula is C53H51N7O11. The number of anilines is 2. The molecule has 3 atom stereocenters. The van der Waals surface area contributed by atoms with Crippen LogP contribution in [0.2, 0.25) is 0 Å². The summed E-state index contributed by atoms with van der Waals surface area (Å²) in [7, 11) is 0. The topological polar surface area (TPSA) is 228 Å². The Labute approximate surface area is 408 Å². The molecule has 7 amide bonds. The summed E-state index contributed by atoms with van der Waals surface area (Å²) in [5.41, 5.74) is 4.20. The molecule has 2 aliphatic heterocycles. The predicted octanol–water partition coefficient (Wildman–Crippen LogP) is 5.27. The Bertz CT molecular complexity index is 2810. The van der Waals surface area contributed by atoms with Gasteiger partial charge in [-0.25, -0.2) is 0 Å². The van der Waals surface area contributed by atoms with Crippen LogP contribution >= 0.6 is 0 Å². The minimum atomic E-state index is -1.28. The molecule has 18 heteroatoms. The average molecular weight is 962 g/mol. The van der Waals surface area contributed by atoms with Crippen LogP contribution in [0.3, 0.4) is 0 Å². The molecule has 4 aromatic carbocycles. The van der Waals surface area contributed by atoms with Crippen LogP contribution in [0.25, 0.3) is 11.1 Å². The summed E-state index contributed by atoms with van der Waals surface area (Å²) in [6.45, 7) is 2.14. The minimum absolute atomic E-state index is 0.0123. The zero-order valence-corrected chi connectivity index (χ0v) is 38.5. The van der Waals surface area contributed by atoms with E-state index in [4.69, 9.17) is 18.6 Å². The Morgan fingerprint density at radius 3 is 2.04 bits per heavy atom. The van der Waals surface area contributed by atoms with E-state index in [9.17, 15) is 33.6 Å². The number of amides is 7. The van der Waals surface area contributed by atoms with E-state index in [0.29, 0.717) is 48.9 Å². The van der Waals surface area contributed by atoms with Crippen LogP contribution in [-0.4, -0.2) is 110 Å². The van der Waals surface area contributed by atoms with Crippen molar-refractivity contribution in [2.45, 2.75) is 31.0 Å². The van der Waals surface area contributed by atoms with Gasteiger partial charge in [0.25, 0.3) is 17.7 Å². The molecule has 4 heterocycles. The average Bonchev–Trinajstić information content (AvgIpc) is 4.03. The molecule has 0 radical (unpaired) electrons. The number of fused-ring (bicyclic) bond motifs is 1. The Hall–Kier alpha value is -8.32. The van der Waals surface area contributed by atoms with Gasteiger partial charge in [0.15, 0.2) is 5.76 Å². The monoisotopic (exact) mass is 961 g/mol. The second kappa shape index (κ2) is 23.8. The van der Waals surface area contributed by atoms with Crippen LogP contribution in [0.5, 0.6) is 0 Å². The lowest BCUT2D eigenvalue weighted by molar-refractivity contribution is -0.136. The van der Waals surface area contributed by atoms with E-state index < -0.39 is 59.5 Å². The summed E-state index contributed by atoms with van der Waals surface area (Å²) in [5, 5.41) is 11.1. The summed E-state index contributed by atoms with van der Waals surface area (Å²) in [4.78, 5) is 99.5. The van der Waals surface area contributed by atoms with E-state index in [0.717, 1.165) is 16.0 Å². The number of nitrogens with zero attached hydrogens (tertiary/aromatic N) is 3. The van der Waals surface area contributed by atoms with E-state index >= 15 is 0 Å². The van der Waals surface area contributed by atoms with Crippen molar-refractivity contribution in [3.63, 3.8) is 0 Å². The molecular weight excluding hydrogens is 911 g/mol. The molecule has 0 aliphatic carbocycles. The number of hydrogen-bond acceptors (Lipinski definition) is 13. The number of piperidine rings is 1. The fraction of sp³-hybridized carbons (Fsp3) is 0.245. The minimum Gasteiger partial charge on any atom is -0.459 e. The van der Waals surface area contributed by atoms with Crippen molar-refractivity contribution in [2.75, 3.05) is 62.9 Å². The van der Waals surface area contributed by atoms with Crippen molar-refractivity contribution in [1.82, 2.24) is 25.8 Å². The summed E-state index contributed by atoms with van der Waals surface area (Å²) in [6.07, 6.45) is 4.58. The molecule has 2 aliphatic rings. The number of imide groups is 2. The van der Waals surface area contributed by atoms with Gasteiger partial charge in [0.2, 0.25) is 23.6 Å². The maximum Gasteiger partial charge on any atom is 0.294 e. The van der Waals surface area contributed by atoms with Gasteiger partial charge in [0.05, 0.1) is 57.0 Å². The van der Waals surface area contributed by atoms with E-state index in [1.807, 2.05) is 42.5 Å². The third-order valence-corrected chi connectivity index (χ3v) is 11.7. The number of pyridine rings is 1. The molecule has 1 saturated heterocycles. The number of benzene rings is 4. The third kappa shape index (κ3) is 12.1. The first-order chi connectivity index (χ1) is 34.7. The Balaban J connectivity index is 0.792. The number of aromatic nitrogens is 1. The van der Waals surface area contributed by atoms with Gasteiger partial charge in [-0.1, -0.05) is 78.9 Å². The number of furan rings is 1. The van der Waals surface area contributed by atoms with Gasteiger partial charge >= 0.3 is 0 Å². The van der Waals surface area contributed by atoms with Crippen molar-refractivity contribution in [1.29, 1.82) is 0 Å². The first-order valence-corrected chi connectivity index (χ1v) is 23.1. The molecule has 3 unspecified atom stereocenters. The molecule has 4 N–H and O–H groups in total. The van der Waals surface area contributed by atoms with Crippen molar-refractivity contribution in [2.24, 2.45) is 0 Å². The van der Waals surface area contributed by atoms with Gasteiger partial charge in [-0.05, 0) is 71.6 Å². The molecule has 8 rings (SSSR count). The first-order valence-electron chi connectivity index (χ1n) is 23.1. The van der Waals surface area contributed by atoms with Gasteiger partial charge in [-0.2, -0.15) is 0 Å². The number of carbonyl (C=O) groups excluding carboxylic acids is 7. The lowest BCUT2D eigenvalue weighted by Crippen LogP contribution is -2.54. The van der Waals surface area contributed by atoms with E-state index in [-0.39, 0.29) is 56.1 Å². The highest BCUT2D eigenvalue weighted by molar-refractivity contribution is 6.23. The number of rotatable bonds is 23. The van der Waals surface area contributed by atoms with Crippen LogP contribution in [0.1, 0.15) is 67.3 Å². The molecule has 0 spiro atoms. The largest absolute Gasteiger partial charge is 0.459 e. The van der Waals surface area contributed by atoms with Gasteiger partial charge < -0.3 is 34.6 Å². The molecule has 364 valence electrons. The zero-order chi connectivity index (χ0) is 49.5. The number of hydrogen-bond donors (Lipinski definition) is 4. The van der Waals surface area contributed by atoms with E-state index in [1.165, 1.54) is 29.5 Å². The van der Waals surface area contributed by atoms with E-state index in [2.05, 4.69) is 26.3 Å². The van der Waals surface area contributed by atoms with Gasteiger partial charge in [-0.15, -0.1) is 0 Å². The second-order valence-electron chi connectivity index (χ2n) is 16.4. The number of nitrogens with one attached hydrogen (secondary N) is 4. The fourth-order valence-corrected chi connectivity index (χ4v) is 8.21. The second-order valence-corrected chi connectivity index (χ2v) is 16.4. The molecule has 1 fully saturated rings. The van der Waals surface area contributed by atoms with Crippen molar-refractivity contribution in [3.8, 4) is 11.1 Å². The quantitative estimate of drug-likeness (QED) is 0.0475. The van der Waals surface area contributed by atoms with Crippen LogP contribution in [0, 0.1) is 0 Å². The van der Waals surface area contributed by atoms with Crippen molar-refractivity contribution >= 4 is 52.7 Å². The lowest BCUT2D eigenvalue weighted by Gasteiger charge is -2.32.